The van der Waals surface area contributed by atoms with E-state index in [-0.39, 0.29) is 29.7 Å². The molecule has 1 saturated heterocycles. The lowest BCUT2D eigenvalue weighted by Gasteiger charge is -2.35. The second-order valence-electron chi connectivity index (χ2n) is 6.63. The van der Waals surface area contributed by atoms with Crippen molar-refractivity contribution in [3.63, 3.8) is 0 Å². The minimum atomic E-state index is -0.351. The van der Waals surface area contributed by atoms with Crippen LogP contribution in [0.15, 0.2) is 60.7 Å². The van der Waals surface area contributed by atoms with Crippen LogP contribution >= 0.6 is 0 Å². The van der Waals surface area contributed by atoms with E-state index in [0.717, 1.165) is 5.39 Å². The molecule has 0 saturated carbocycles. The number of carbonyl (C=O) groups is 2. The molecular formula is C22H20N2O4. The molecule has 0 aliphatic carbocycles. The molecule has 6 nitrogen and oxygen atoms in total. The number of rotatable bonds is 3. The van der Waals surface area contributed by atoms with Gasteiger partial charge in [-0.25, -0.2) is 0 Å². The number of anilines is 1. The molecule has 0 aromatic heterocycles. The maximum Gasteiger partial charge on any atom is 0.258 e. The van der Waals surface area contributed by atoms with Crippen LogP contribution in [0, 0.1) is 0 Å². The number of nitrogens with zero attached hydrogens (tertiary/aromatic N) is 2. The second kappa shape index (κ2) is 7.23. The molecule has 142 valence electrons. The summed E-state index contributed by atoms with van der Waals surface area (Å²) in [4.78, 5) is 28.8. The molecule has 2 amide bonds. The van der Waals surface area contributed by atoms with Crippen molar-refractivity contribution >= 4 is 28.3 Å². The maximum atomic E-state index is 12.9. The molecule has 0 unspecified atom stereocenters. The van der Waals surface area contributed by atoms with Crippen molar-refractivity contribution in [2.75, 3.05) is 31.6 Å². The zero-order chi connectivity index (χ0) is 19.7. The van der Waals surface area contributed by atoms with Crippen molar-refractivity contribution in [1.29, 1.82) is 0 Å². The Bertz CT molecular complexity index is 1060. The lowest BCUT2D eigenvalue weighted by molar-refractivity contribution is -0.120. The van der Waals surface area contributed by atoms with Crippen LogP contribution in [0.25, 0.3) is 10.8 Å². The summed E-state index contributed by atoms with van der Waals surface area (Å²) >= 11 is 0. The van der Waals surface area contributed by atoms with Gasteiger partial charge in [-0.15, -0.1) is 0 Å². The molecule has 0 spiro atoms. The Kier molecular flexibility index (Phi) is 4.61. The average molecular weight is 376 g/mol. The van der Waals surface area contributed by atoms with Gasteiger partial charge in [-0.1, -0.05) is 42.5 Å². The lowest BCUT2D eigenvalue weighted by Crippen LogP contribution is -2.52. The molecular weight excluding hydrogens is 356 g/mol. The number of hydrogen-bond donors (Lipinski definition) is 1. The molecule has 1 fully saturated rings. The molecule has 1 aliphatic heterocycles. The summed E-state index contributed by atoms with van der Waals surface area (Å²) in [6.45, 7) is 0.678. The summed E-state index contributed by atoms with van der Waals surface area (Å²) < 4.78 is 5.34. The fraction of sp³-hybridized carbons (Fsp3) is 0.182. The van der Waals surface area contributed by atoms with Crippen LogP contribution in [-0.2, 0) is 4.79 Å². The molecule has 1 heterocycles. The van der Waals surface area contributed by atoms with Gasteiger partial charge in [0.05, 0.1) is 18.4 Å². The van der Waals surface area contributed by atoms with Crippen LogP contribution in [0.1, 0.15) is 10.4 Å². The maximum absolute atomic E-state index is 12.9. The third-order valence-corrected chi connectivity index (χ3v) is 5.01. The third-order valence-electron chi connectivity index (χ3n) is 5.01. The average Bonchev–Trinajstić information content (AvgIpc) is 2.73. The minimum absolute atomic E-state index is 0.0524. The minimum Gasteiger partial charge on any atom is -0.506 e. The highest BCUT2D eigenvalue weighted by Gasteiger charge is 2.31. The quantitative estimate of drug-likeness (QED) is 0.763. The first kappa shape index (κ1) is 17.9. The molecule has 1 N–H and O–H groups in total. The number of fused-ring (bicyclic) bond motifs is 1. The molecule has 1 aliphatic rings. The number of amides is 2. The number of aromatic hydroxyl groups is 1. The van der Waals surface area contributed by atoms with Crippen molar-refractivity contribution in [2.24, 2.45) is 0 Å². The Hall–Kier alpha value is -3.54. The van der Waals surface area contributed by atoms with Crippen LogP contribution in [0.3, 0.4) is 0 Å². The SMILES string of the molecule is COc1ccccc1N1CCN(C(=O)c2ccc3ccccc3c2O)CC1=O. The van der Waals surface area contributed by atoms with Crippen LogP contribution in [0.5, 0.6) is 11.5 Å². The fourth-order valence-corrected chi connectivity index (χ4v) is 3.55. The van der Waals surface area contributed by atoms with Gasteiger partial charge < -0.3 is 19.6 Å². The first-order chi connectivity index (χ1) is 13.6. The van der Waals surface area contributed by atoms with Gasteiger partial charge in [0.15, 0.2) is 0 Å². The highest BCUT2D eigenvalue weighted by atomic mass is 16.5. The highest BCUT2D eigenvalue weighted by Crippen LogP contribution is 2.31. The Balaban J connectivity index is 1.57. The summed E-state index contributed by atoms with van der Waals surface area (Å²) in [6, 6.07) is 18.0. The normalized spacial score (nSPS) is 14.4. The Morgan fingerprint density at radius 3 is 2.54 bits per heavy atom. The molecule has 28 heavy (non-hydrogen) atoms. The van der Waals surface area contributed by atoms with Crippen LogP contribution in [0.4, 0.5) is 5.69 Å². The first-order valence-electron chi connectivity index (χ1n) is 9.03. The van der Waals surface area contributed by atoms with E-state index in [4.69, 9.17) is 4.74 Å². The predicted molar refractivity (Wildman–Crippen MR) is 107 cm³/mol. The number of phenolic OH excluding ortho intramolecular Hbond substituents is 1. The van der Waals surface area contributed by atoms with Crippen molar-refractivity contribution < 1.29 is 19.4 Å². The molecule has 3 aromatic rings. The number of hydrogen-bond acceptors (Lipinski definition) is 4. The number of carbonyl (C=O) groups excluding carboxylic acids is 2. The number of phenols is 1. The van der Waals surface area contributed by atoms with Crippen molar-refractivity contribution in [3.8, 4) is 11.5 Å². The molecule has 0 bridgehead atoms. The summed E-state index contributed by atoms with van der Waals surface area (Å²) in [6.07, 6.45) is 0. The smallest absolute Gasteiger partial charge is 0.258 e. The summed E-state index contributed by atoms with van der Waals surface area (Å²) in [5, 5.41) is 12.0. The summed E-state index contributed by atoms with van der Waals surface area (Å²) in [5.41, 5.74) is 0.896. The van der Waals surface area contributed by atoms with Crippen LogP contribution in [0.2, 0.25) is 0 Å². The van der Waals surface area contributed by atoms with E-state index >= 15 is 0 Å². The van der Waals surface area contributed by atoms with E-state index < -0.39 is 0 Å². The van der Waals surface area contributed by atoms with Gasteiger partial charge in [0.2, 0.25) is 5.91 Å². The van der Waals surface area contributed by atoms with E-state index in [1.807, 2.05) is 36.4 Å². The van der Waals surface area contributed by atoms with Crippen molar-refractivity contribution in [3.05, 3.63) is 66.2 Å². The molecule has 0 radical (unpaired) electrons. The van der Waals surface area contributed by atoms with E-state index in [9.17, 15) is 14.7 Å². The van der Waals surface area contributed by atoms with Gasteiger partial charge in [-0.05, 0) is 23.6 Å². The van der Waals surface area contributed by atoms with Crippen LogP contribution in [-0.4, -0.2) is 48.6 Å². The topological polar surface area (TPSA) is 70.1 Å². The number of piperazine rings is 1. The largest absolute Gasteiger partial charge is 0.506 e. The van der Waals surface area contributed by atoms with Gasteiger partial charge in [-0.2, -0.15) is 0 Å². The van der Waals surface area contributed by atoms with Gasteiger partial charge in [0, 0.05) is 18.5 Å². The highest BCUT2D eigenvalue weighted by molar-refractivity contribution is 6.06. The Morgan fingerprint density at radius 2 is 1.75 bits per heavy atom. The predicted octanol–water partition coefficient (Wildman–Crippen LogP) is 3.04. The van der Waals surface area contributed by atoms with E-state index in [0.29, 0.717) is 29.9 Å². The standard InChI is InChI=1S/C22H20N2O4/c1-28-19-9-5-4-8-18(19)24-13-12-23(14-20(24)25)22(27)17-11-10-15-6-2-3-7-16(15)21(17)26/h2-11,26H,12-14H2,1H3. The summed E-state index contributed by atoms with van der Waals surface area (Å²) in [7, 11) is 1.56. The second-order valence-corrected chi connectivity index (χ2v) is 6.63. The Morgan fingerprint density at radius 1 is 1.00 bits per heavy atom. The molecule has 3 aromatic carbocycles. The molecule has 0 atom stereocenters. The number of ether oxygens (including phenoxy) is 1. The zero-order valence-corrected chi connectivity index (χ0v) is 15.5. The Labute approximate surface area is 162 Å². The fourth-order valence-electron chi connectivity index (χ4n) is 3.55. The number of methoxy groups -OCH3 is 1. The number of benzene rings is 3. The monoisotopic (exact) mass is 376 g/mol. The zero-order valence-electron chi connectivity index (χ0n) is 15.5. The van der Waals surface area contributed by atoms with Gasteiger partial charge in [0.25, 0.3) is 5.91 Å². The summed E-state index contributed by atoms with van der Waals surface area (Å²) in [5.74, 6) is 0.0196. The van der Waals surface area contributed by atoms with Gasteiger partial charge >= 0.3 is 0 Å². The lowest BCUT2D eigenvalue weighted by atomic mass is 10.0. The van der Waals surface area contributed by atoms with Crippen molar-refractivity contribution in [2.45, 2.75) is 0 Å². The van der Waals surface area contributed by atoms with Gasteiger partial charge in [0.1, 0.15) is 18.0 Å². The van der Waals surface area contributed by atoms with Gasteiger partial charge in [-0.3, -0.25) is 9.59 Å². The van der Waals surface area contributed by atoms with E-state index in [1.165, 1.54) is 4.90 Å². The first-order valence-corrected chi connectivity index (χ1v) is 9.03. The van der Waals surface area contributed by atoms with Crippen molar-refractivity contribution in [1.82, 2.24) is 4.90 Å². The number of para-hydroxylation sites is 2. The van der Waals surface area contributed by atoms with E-state index in [1.54, 1.807) is 36.3 Å². The molecule has 6 heteroatoms. The molecule has 4 rings (SSSR count). The third kappa shape index (κ3) is 3.03. The van der Waals surface area contributed by atoms with E-state index in [2.05, 4.69) is 0 Å². The van der Waals surface area contributed by atoms with Crippen LogP contribution < -0.4 is 9.64 Å².